The first-order chi connectivity index (χ1) is 8.64. The first-order valence-corrected chi connectivity index (χ1v) is 6.52. The third kappa shape index (κ3) is 2.57. The average Bonchev–Trinajstić information content (AvgIpc) is 2.47. The van der Waals surface area contributed by atoms with Crippen LogP contribution in [-0.4, -0.2) is 18.3 Å². The van der Waals surface area contributed by atoms with Gasteiger partial charge in [-0.3, -0.25) is 0 Å². The van der Waals surface area contributed by atoms with Crippen LogP contribution in [0.2, 0.25) is 5.02 Å². The molecule has 0 amide bonds. The van der Waals surface area contributed by atoms with Crippen molar-refractivity contribution in [3.05, 3.63) is 41.2 Å². The molecule has 5 heteroatoms. The zero-order valence-corrected chi connectivity index (χ0v) is 12.3. The van der Waals surface area contributed by atoms with Gasteiger partial charge in [0.1, 0.15) is 5.82 Å². The second-order valence-corrected chi connectivity index (χ2v) is 6.17. The summed E-state index contributed by atoms with van der Waals surface area (Å²) in [7, 11) is -0.652. The smallest absolute Gasteiger partial charge is 0.399 e. The molecule has 1 aliphatic rings. The fraction of sp³-hybridized carbons (Fsp3) is 0.429. The van der Waals surface area contributed by atoms with Gasteiger partial charge in [0, 0.05) is 10.6 Å². The average molecular weight is 283 g/mol. The Morgan fingerprint density at radius 1 is 1.21 bits per heavy atom. The maximum absolute atomic E-state index is 13.9. The van der Waals surface area contributed by atoms with E-state index in [9.17, 15) is 4.39 Å². The van der Waals surface area contributed by atoms with Crippen molar-refractivity contribution >= 4 is 24.2 Å². The molecule has 102 valence electrons. The Kier molecular flexibility index (Phi) is 3.54. The first kappa shape index (κ1) is 14.6. The van der Waals surface area contributed by atoms with Gasteiger partial charge in [-0.15, -0.1) is 0 Å². The Bertz CT molecular complexity index is 512. The van der Waals surface area contributed by atoms with Gasteiger partial charge in [0.05, 0.1) is 11.2 Å². The highest BCUT2D eigenvalue weighted by atomic mass is 35.5. The summed E-state index contributed by atoms with van der Waals surface area (Å²) >= 11 is 5.74. The van der Waals surface area contributed by atoms with E-state index in [1.165, 1.54) is 6.07 Å². The predicted octanol–water partition coefficient (Wildman–Crippen LogP) is 4.12. The molecule has 1 aromatic carbocycles. The number of rotatable bonds is 2. The SMILES string of the molecule is C=C(B1OC(C)(C)C(C)(C)O1)c1ccc(Cl)cc1F. The fourth-order valence-corrected chi connectivity index (χ4v) is 2.02. The minimum Gasteiger partial charge on any atom is -0.399 e. The summed E-state index contributed by atoms with van der Waals surface area (Å²) < 4.78 is 25.6. The van der Waals surface area contributed by atoms with Gasteiger partial charge in [0.2, 0.25) is 0 Å². The van der Waals surface area contributed by atoms with Crippen LogP contribution in [0.15, 0.2) is 24.8 Å². The Labute approximate surface area is 118 Å². The summed E-state index contributed by atoms with van der Waals surface area (Å²) in [5.41, 5.74) is -0.108. The third-order valence-corrected chi connectivity index (χ3v) is 4.05. The largest absolute Gasteiger partial charge is 0.494 e. The molecule has 1 heterocycles. The van der Waals surface area contributed by atoms with Gasteiger partial charge in [-0.1, -0.05) is 24.2 Å². The van der Waals surface area contributed by atoms with Crippen molar-refractivity contribution in [2.45, 2.75) is 38.9 Å². The third-order valence-electron chi connectivity index (χ3n) is 3.81. The van der Waals surface area contributed by atoms with Gasteiger partial charge < -0.3 is 9.31 Å². The van der Waals surface area contributed by atoms with Crippen LogP contribution in [0.25, 0.3) is 5.47 Å². The Balaban J connectivity index is 2.27. The molecular formula is C14H17BClFO2. The van der Waals surface area contributed by atoms with E-state index < -0.39 is 24.1 Å². The van der Waals surface area contributed by atoms with E-state index >= 15 is 0 Å². The van der Waals surface area contributed by atoms with Crippen LogP contribution in [0.4, 0.5) is 4.39 Å². The van der Waals surface area contributed by atoms with Crippen molar-refractivity contribution in [3.63, 3.8) is 0 Å². The van der Waals surface area contributed by atoms with Crippen molar-refractivity contribution in [2.75, 3.05) is 0 Å². The van der Waals surface area contributed by atoms with Crippen LogP contribution in [-0.2, 0) is 9.31 Å². The van der Waals surface area contributed by atoms with E-state index in [0.29, 0.717) is 16.1 Å². The normalized spacial score (nSPS) is 20.6. The van der Waals surface area contributed by atoms with Crippen LogP contribution in [0, 0.1) is 5.82 Å². The maximum Gasteiger partial charge on any atom is 0.494 e. The number of hydrogen-bond donors (Lipinski definition) is 0. The second kappa shape index (κ2) is 4.62. The van der Waals surface area contributed by atoms with E-state index in [4.69, 9.17) is 20.9 Å². The van der Waals surface area contributed by atoms with E-state index in [1.54, 1.807) is 12.1 Å². The zero-order chi connectivity index (χ0) is 14.4. The molecule has 2 rings (SSSR count). The molecule has 19 heavy (non-hydrogen) atoms. The molecule has 0 radical (unpaired) electrons. The lowest BCUT2D eigenvalue weighted by Crippen LogP contribution is -2.41. The summed E-state index contributed by atoms with van der Waals surface area (Å²) in [6, 6.07) is 4.47. The minimum atomic E-state index is -0.652. The number of halogens is 2. The molecule has 1 fully saturated rings. The fourth-order valence-electron chi connectivity index (χ4n) is 1.86. The topological polar surface area (TPSA) is 18.5 Å². The van der Waals surface area contributed by atoms with Crippen LogP contribution in [0.3, 0.4) is 0 Å². The second-order valence-electron chi connectivity index (χ2n) is 5.74. The molecule has 1 saturated heterocycles. The summed E-state index contributed by atoms with van der Waals surface area (Å²) in [6.45, 7) is 11.7. The van der Waals surface area contributed by atoms with Crippen LogP contribution in [0.1, 0.15) is 33.3 Å². The Morgan fingerprint density at radius 2 is 1.74 bits per heavy atom. The molecule has 2 nitrogen and oxygen atoms in total. The van der Waals surface area contributed by atoms with Crippen molar-refractivity contribution in [3.8, 4) is 0 Å². The van der Waals surface area contributed by atoms with Gasteiger partial charge in [-0.25, -0.2) is 4.39 Å². The number of benzene rings is 1. The zero-order valence-electron chi connectivity index (χ0n) is 11.6. The van der Waals surface area contributed by atoms with E-state index in [-0.39, 0.29) is 0 Å². The standard InChI is InChI=1S/C14H17BClFO2/c1-9(11-7-6-10(16)8-12(11)17)15-18-13(2,3)14(4,5)19-15/h6-8H,1H2,2-5H3. The van der Waals surface area contributed by atoms with Crippen molar-refractivity contribution in [2.24, 2.45) is 0 Å². The highest BCUT2D eigenvalue weighted by Gasteiger charge is 2.52. The minimum absolute atomic E-state index is 0.350. The van der Waals surface area contributed by atoms with Crippen molar-refractivity contribution in [1.82, 2.24) is 0 Å². The monoisotopic (exact) mass is 282 g/mol. The molecular weight excluding hydrogens is 265 g/mol. The highest BCUT2D eigenvalue weighted by Crippen LogP contribution is 2.40. The van der Waals surface area contributed by atoms with Gasteiger partial charge in [0.25, 0.3) is 0 Å². The summed E-state index contributed by atoms with van der Waals surface area (Å²) in [5.74, 6) is -0.424. The summed E-state index contributed by atoms with van der Waals surface area (Å²) in [6.07, 6.45) is 0. The lowest BCUT2D eigenvalue weighted by Gasteiger charge is -2.32. The van der Waals surface area contributed by atoms with E-state index in [1.807, 2.05) is 27.7 Å². The van der Waals surface area contributed by atoms with Crippen molar-refractivity contribution < 1.29 is 13.7 Å². The quantitative estimate of drug-likeness (QED) is 0.760. The van der Waals surface area contributed by atoms with Crippen LogP contribution in [0.5, 0.6) is 0 Å². The van der Waals surface area contributed by atoms with Gasteiger partial charge in [-0.2, -0.15) is 0 Å². The molecule has 1 aromatic rings. The highest BCUT2D eigenvalue weighted by molar-refractivity contribution is 6.68. The lowest BCUT2D eigenvalue weighted by atomic mass is 9.75. The first-order valence-electron chi connectivity index (χ1n) is 6.14. The van der Waals surface area contributed by atoms with Crippen molar-refractivity contribution in [1.29, 1.82) is 0 Å². The summed E-state index contributed by atoms with van der Waals surface area (Å²) in [5, 5.41) is 0.350. The molecule has 0 atom stereocenters. The Morgan fingerprint density at radius 3 is 2.21 bits per heavy atom. The van der Waals surface area contributed by atoms with Crippen LogP contribution >= 0.6 is 11.6 Å². The van der Waals surface area contributed by atoms with Crippen LogP contribution < -0.4 is 0 Å². The van der Waals surface area contributed by atoms with Gasteiger partial charge >= 0.3 is 7.12 Å². The lowest BCUT2D eigenvalue weighted by molar-refractivity contribution is 0.00578. The molecule has 0 saturated carbocycles. The molecule has 1 aliphatic heterocycles. The summed E-state index contributed by atoms with van der Waals surface area (Å²) in [4.78, 5) is 0. The van der Waals surface area contributed by atoms with E-state index in [0.717, 1.165) is 0 Å². The Hall–Kier alpha value is -0.835. The predicted molar refractivity (Wildman–Crippen MR) is 76.5 cm³/mol. The molecule has 0 aliphatic carbocycles. The molecule has 0 bridgehead atoms. The molecule has 0 spiro atoms. The van der Waals surface area contributed by atoms with E-state index in [2.05, 4.69) is 6.58 Å². The van der Waals surface area contributed by atoms with Gasteiger partial charge in [-0.05, 0) is 45.3 Å². The molecule has 0 N–H and O–H groups in total. The molecule has 0 aromatic heterocycles. The van der Waals surface area contributed by atoms with Gasteiger partial charge in [0.15, 0.2) is 0 Å². The molecule has 0 unspecified atom stereocenters. The number of hydrogen-bond acceptors (Lipinski definition) is 2. The maximum atomic E-state index is 13.9.